The first-order valence-electron chi connectivity index (χ1n) is 3.98. The number of halogens is 2. The quantitative estimate of drug-likeness (QED) is 0.788. The summed E-state index contributed by atoms with van der Waals surface area (Å²) in [6, 6.07) is 5.18. The van der Waals surface area contributed by atoms with Gasteiger partial charge in [0.25, 0.3) is 0 Å². The smallest absolute Gasteiger partial charge is 0.246 e. The lowest BCUT2D eigenvalue weighted by Crippen LogP contribution is -2.09. The molecule has 0 fully saturated rings. The van der Waals surface area contributed by atoms with E-state index >= 15 is 0 Å². The third-order valence-electron chi connectivity index (χ3n) is 1.89. The predicted molar refractivity (Wildman–Crippen MR) is 55.8 cm³/mol. The summed E-state index contributed by atoms with van der Waals surface area (Å²) in [5.74, 6) is -0.143. The SMILES string of the molecule is O=C1CC(c2c(Cl)cccc2Cl)=NN1. The lowest BCUT2D eigenvalue weighted by Gasteiger charge is -2.03. The second-order valence-corrected chi connectivity index (χ2v) is 3.68. The van der Waals surface area contributed by atoms with Crippen LogP contribution < -0.4 is 5.43 Å². The zero-order valence-electron chi connectivity index (χ0n) is 7.05. The lowest BCUT2D eigenvalue weighted by molar-refractivity contribution is -0.119. The highest BCUT2D eigenvalue weighted by atomic mass is 35.5. The summed E-state index contributed by atoms with van der Waals surface area (Å²) < 4.78 is 0. The first kappa shape index (κ1) is 9.49. The molecule has 0 bridgehead atoms. The maximum absolute atomic E-state index is 10.9. The molecule has 1 aromatic carbocycles. The number of carbonyl (C=O) groups excluding carboxylic acids is 1. The van der Waals surface area contributed by atoms with Crippen molar-refractivity contribution in [3.8, 4) is 0 Å². The van der Waals surface area contributed by atoms with Gasteiger partial charge in [-0.2, -0.15) is 5.10 Å². The average molecular weight is 229 g/mol. The number of hydrogen-bond donors (Lipinski definition) is 1. The summed E-state index contributed by atoms with van der Waals surface area (Å²) in [6.45, 7) is 0. The van der Waals surface area contributed by atoms with Crippen LogP contribution in [0.25, 0.3) is 0 Å². The van der Waals surface area contributed by atoms with Crippen LogP contribution in [0.3, 0.4) is 0 Å². The summed E-state index contributed by atoms with van der Waals surface area (Å²) in [4.78, 5) is 10.9. The highest BCUT2D eigenvalue weighted by Gasteiger charge is 2.20. The molecule has 0 spiro atoms. The predicted octanol–water partition coefficient (Wildman–Crippen LogP) is 2.22. The Labute approximate surface area is 90.7 Å². The molecule has 1 aromatic rings. The highest BCUT2D eigenvalue weighted by molar-refractivity contribution is 6.41. The van der Waals surface area contributed by atoms with E-state index in [2.05, 4.69) is 10.5 Å². The maximum atomic E-state index is 10.9. The van der Waals surface area contributed by atoms with E-state index in [1.165, 1.54) is 0 Å². The molecule has 0 radical (unpaired) electrons. The molecule has 5 heteroatoms. The summed E-state index contributed by atoms with van der Waals surface area (Å²) in [7, 11) is 0. The second kappa shape index (κ2) is 3.59. The van der Waals surface area contributed by atoms with E-state index in [1.54, 1.807) is 18.2 Å². The molecule has 0 aliphatic carbocycles. The van der Waals surface area contributed by atoms with Crippen LogP contribution in [0.2, 0.25) is 10.0 Å². The van der Waals surface area contributed by atoms with E-state index in [0.717, 1.165) is 0 Å². The summed E-state index contributed by atoms with van der Waals surface area (Å²) in [5, 5.41) is 4.87. The van der Waals surface area contributed by atoms with Gasteiger partial charge in [-0.3, -0.25) is 4.79 Å². The molecule has 1 aliphatic heterocycles. The van der Waals surface area contributed by atoms with E-state index in [0.29, 0.717) is 21.3 Å². The van der Waals surface area contributed by atoms with Crippen LogP contribution in [0.5, 0.6) is 0 Å². The Kier molecular flexibility index (Phi) is 2.44. The van der Waals surface area contributed by atoms with Crippen LogP contribution in [-0.4, -0.2) is 11.6 Å². The van der Waals surface area contributed by atoms with Gasteiger partial charge in [-0.15, -0.1) is 0 Å². The minimum absolute atomic E-state index is 0.143. The zero-order valence-corrected chi connectivity index (χ0v) is 8.56. The third kappa shape index (κ3) is 1.61. The number of carbonyl (C=O) groups is 1. The Morgan fingerprint density at radius 1 is 1.29 bits per heavy atom. The maximum Gasteiger partial charge on any atom is 0.246 e. The number of hydrazone groups is 1. The molecule has 1 amide bonds. The molecule has 0 unspecified atom stereocenters. The minimum atomic E-state index is -0.143. The normalized spacial score (nSPS) is 15.3. The van der Waals surface area contributed by atoms with E-state index in [1.807, 2.05) is 0 Å². The largest absolute Gasteiger partial charge is 0.273 e. The molecular formula is C9H6Cl2N2O. The van der Waals surface area contributed by atoms with E-state index in [4.69, 9.17) is 23.2 Å². The fourth-order valence-electron chi connectivity index (χ4n) is 1.28. The molecule has 2 rings (SSSR count). The molecule has 0 atom stereocenters. The summed E-state index contributed by atoms with van der Waals surface area (Å²) >= 11 is 11.9. The van der Waals surface area contributed by atoms with Crippen molar-refractivity contribution >= 4 is 34.8 Å². The third-order valence-corrected chi connectivity index (χ3v) is 2.52. The zero-order chi connectivity index (χ0) is 10.1. The Morgan fingerprint density at radius 3 is 2.43 bits per heavy atom. The molecule has 1 N–H and O–H groups in total. The van der Waals surface area contributed by atoms with Gasteiger partial charge in [-0.25, -0.2) is 5.43 Å². The molecule has 1 heterocycles. The lowest BCUT2D eigenvalue weighted by atomic mass is 10.1. The Balaban J connectivity index is 2.46. The Bertz CT molecular complexity index is 409. The number of nitrogens with one attached hydrogen (secondary N) is 1. The molecule has 3 nitrogen and oxygen atoms in total. The Hall–Kier alpha value is -1.06. The molecule has 14 heavy (non-hydrogen) atoms. The van der Waals surface area contributed by atoms with E-state index < -0.39 is 0 Å². The number of rotatable bonds is 1. The van der Waals surface area contributed by atoms with Crippen molar-refractivity contribution in [1.82, 2.24) is 5.43 Å². The monoisotopic (exact) mass is 228 g/mol. The first-order valence-corrected chi connectivity index (χ1v) is 4.74. The summed E-state index contributed by atoms with van der Waals surface area (Å²) in [5.41, 5.74) is 3.58. The molecule has 0 saturated heterocycles. The van der Waals surface area contributed by atoms with Gasteiger partial charge >= 0.3 is 0 Å². The van der Waals surface area contributed by atoms with Gasteiger partial charge in [0, 0.05) is 5.56 Å². The number of benzene rings is 1. The van der Waals surface area contributed by atoms with Crippen LogP contribution in [0.15, 0.2) is 23.3 Å². The standard InChI is InChI=1S/C9H6Cl2N2O/c10-5-2-1-3-6(11)9(5)7-4-8(14)13-12-7/h1-3H,4H2,(H,13,14). The van der Waals surface area contributed by atoms with Gasteiger partial charge in [0.15, 0.2) is 0 Å². The van der Waals surface area contributed by atoms with Crippen LogP contribution in [0.1, 0.15) is 12.0 Å². The van der Waals surface area contributed by atoms with Crippen LogP contribution in [-0.2, 0) is 4.79 Å². The van der Waals surface area contributed by atoms with Crippen LogP contribution in [0, 0.1) is 0 Å². The second-order valence-electron chi connectivity index (χ2n) is 2.87. The van der Waals surface area contributed by atoms with Crippen LogP contribution in [0.4, 0.5) is 0 Å². The molecule has 72 valence electrons. The fraction of sp³-hybridized carbons (Fsp3) is 0.111. The van der Waals surface area contributed by atoms with Crippen molar-refractivity contribution in [2.45, 2.75) is 6.42 Å². The van der Waals surface area contributed by atoms with E-state index in [9.17, 15) is 4.79 Å². The van der Waals surface area contributed by atoms with Crippen molar-refractivity contribution < 1.29 is 4.79 Å². The average Bonchev–Trinajstić information content (AvgIpc) is 2.51. The van der Waals surface area contributed by atoms with Crippen molar-refractivity contribution in [1.29, 1.82) is 0 Å². The summed E-state index contributed by atoms with van der Waals surface area (Å²) in [6.07, 6.45) is 0.226. The number of amides is 1. The van der Waals surface area contributed by atoms with Gasteiger partial charge < -0.3 is 0 Å². The van der Waals surface area contributed by atoms with E-state index in [-0.39, 0.29) is 12.3 Å². The van der Waals surface area contributed by atoms with Gasteiger partial charge in [-0.05, 0) is 12.1 Å². The molecular weight excluding hydrogens is 223 g/mol. The van der Waals surface area contributed by atoms with Gasteiger partial charge in [0.1, 0.15) is 0 Å². The number of hydrogen-bond acceptors (Lipinski definition) is 2. The topological polar surface area (TPSA) is 41.5 Å². The van der Waals surface area contributed by atoms with Gasteiger partial charge in [0.2, 0.25) is 5.91 Å². The van der Waals surface area contributed by atoms with Crippen molar-refractivity contribution in [3.05, 3.63) is 33.8 Å². The minimum Gasteiger partial charge on any atom is -0.273 e. The molecule has 0 aromatic heterocycles. The number of nitrogens with zero attached hydrogens (tertiary/aromatic N) is 1. The fourth-order valence-corrected chi connectivity index (χ4v) is 1.89. The molecule has 1 aliphatic rings. The van der Waals surface area contributed by atoms with Gasteiger partial charge in [-0.1, -0.05) is 29.3 Å². The Morgan fingerprint density at radius 2 is 1.93 bits per heavy atom. The van der Waals surface area contributed by atoms with Crippen molar-refractivity contribution in [3.63, 3.8) is 0 Å². The first-order chi connectivity index (χ1) is 6.68. The molecule has 0 saturated carbocycles. The van der Waals surface area contributed by atoms with Crippen LogP contribution >= 0.6 is 23.2 Å². The van der Waals surface area contributed by atoms with Gasteiger partial charge in [0.05, 0.1) is 22.2 Å². The van der Waals surface area contributed by atoms with Crippen molar-refractivity contribution in [2.75, 3.05) is 0 Å². The highest BCUT2D eigenvalue weighted by Crippen LogP contribution is 2.26. The van der Waals surface area contributed by atoms with Crippen molar-refractivity contribution in [2.24, 2.45) is 5.10 Å².